The molecule has 1 fully saturated rings. The van der Waals surface area contributed by atoms with E-state index in [2.05, 4.69) is 19.9 Å². The zero-order valence-electron chi connectivity index (χ0n) is 13.5. The molecule has 0 aliphatic carbocycles. The molecule has 5 nitrogen and oxygen atoms in total. The number of quaternary nitrogens is 1. The van der Waals surface area contributed by atoms with Gasteiger partial charge in [-0.3, -0.25) is 0 Å². The van der Waals surface area contributed by atoms with Crippen LogP contribution in [0.15, 0.2) is 40.8 Å². The predicted molar refractivity (Wildman–Crippen MR) is 86.7 cm³/mol. The topological polar surface area (TPSA) is 51.1 Å². The molecule has 0 spiro atoms. The van der Waals surface area contributed by atoms with Gasteiger partial charge in [0.1, 0.15) is 5.75 Å². The second kappa shape index (κ2) is 7.26. The first kappa shape index (κ1) is 17.0. The van der Waals surface area contributed by atoms with Crippen LogP contribution in [0.5, 0.6) is 5.75 Å². The van der Waals surface area contributed by atoms with Gasteiger partial charge in [0, 0.05) is 0 Å². The molecule has 1 aliphatic rings. The zero-order chi connectivity index (χ0) is 16.2. The van der Waals surface area contributed by atoms with E-state index in [9.17, 15) is 8.42 Å². The maximum Gasteiger partial charge on any atom is 0.243 e. The highest BCUT2D eigenvalue weighted by atomic mass is 32.2. The lowest BCUT2D eigenvalue weighted by Crippen LogP contribution is -3.14. The number of ether oxygens (including phenoxy) is 1. The van der Waals surface area contributed by atoms with Crippen molar-refractivity contribution >= 4 is 10.0 Å². The third-order valence-corrected chi connectivity index (χ3v) is 5.84. The highest BCUT2D eigenvalue weighted by molar-refractivity contribution is 7.89. The van der Waals surface area contributed by atoms with Gasteiger partial charge in [0.15, 0.2) is 0 Å². The minimum atomic E-state index is -3.39. The summed E-state index contributed by atoms with van der Waals surface area (Å²) in [6.07, 6.45) is 2.21. The fourth-order valence-corrected chi connectivity index (χ4v) is 3.93. The summed E-state index contributed by atoms with van der Waals surface area (Å²) < 4.78 is 31.9. The van der Waals surface area contributed by atoms with Crippen LogP contribution in [0.2, 0.25) is 0 Å². The summed E-state index contributed by atoms with van der Waals surface area (Å²) in [5.41, 5.74) is 1.31. The Labute approximate surface area is 133 Å². The number of rotatable bonds is 5. The lowest BCUT2D eigenvalue weighted by Gasteiger charge is -2.31. The van der Waals surface area contributed by atoms with Gasteiger partial charge in [-0.15, -0.1) is 0 Å². The number of allylic oxidation sites excluding steroid dienone is 1. The molecule has 1 aliphatic heterocycles. The first-order chi connectivity index (χ1) is 10.4. The summed E-state index contributed by atoms with van der Waals surface area (Å²) in [5, 5.41) is 0. The van der Waals surface area contributed by atoms with Crippen molar-refractivity contribution in [1.29, 1.82) is 0 Å². The predicted octanol–water partition coefficient (Wildman–Crippen LogP) is 0.551. The summed E-state index contributed by atoms with van der Waals surface area (Å²) in [4.78, 5) is 1.77. The van der Waals surface area contributed by atoms with Crippen LogP contribution >= 0.6 is 0 Å². The van der Waals surface area contributed by atoms with E-state index in [1.807, 2.05) is 0 Å². The number of hydrogen-bond donors (Lipinski definition) is 1. The molecule has 1 saturated heterocycles. The molecule has 1 N–H and O–H groups in total. The van der Waals surface area contributed by atoms with Gasteiger partial charge >= 0.3 is 0 Å². The van der Waals surface area contributed by atoms with Crippen molar-refractivity contribution in [2.45, 2.75) is 18.7 Å². The van der Waals surface area contributed by atoms with E-state index in [4.69, 9.17) is 4.74 Å². The van der Waals surface area contributed by atoms with E-state index < -0.39 is 10.0 Å². The number of nitrogens with zero attached hydrogens (tertiary/aromatic N) is 1. The zero-order valence-corrected chi connectivity index (χ0v) is 14.3. The Bertz CT molecular complexity index is 611. The Morgan fingerprint density at radius 1 is 1.23 bits per heavy atom. The number of methoxy groups -OCH3 is 1. The van der Waals surface area contributed by atoms with Crippen molar-refractivity contribution in [3.63, 3.8) is 0 Å². The highest BCUT2D eigenvalue weighted by Gasteiger charge is 2.29. The van der Waals surface area contributed by atoms with Crippen LogP contribution in [0.1, 0.15) is 13.8 Å². The third kappa shape index (κ3) is 4.09. The van der Waals surface area contributed by atoms with Crippen molar-refractivity contribution in [2.24, 2.45) is 0 Å². The standard InChI is InChI=1S/C16H24N2O3S/c1-14(2)8-9-17-10-12-18(13-11-17)22(19,20)16-6-4-15(21-3)5-7-16/h4-8H,9-13H2,1-3H3/p+1. The Morgan fingerprint density at radius 3 is 2.32 bits per heavy atom. The maximum absolute atomic E-state index is 12.6. The molecule has 1 heterocycles. The van der Waals surface area contributed by atoms with Crippen LogP contribution in [0.3, 0.4) is 0 Å². The van der Waals surface area contributed by atoms with Crippen LogP contribution in [0.4, 0.5) is 0 Å². The molecule has 0 unspecified atom stereocenters. The molecular weight excluding hydrogens is 300 g/mol. The quantitative estimate of drug-likeness (QED) is 0.805. The molecule has 0 atom stereocenters. The van der Waals surface area contributed by atoms with Gasteiger partial charge in [0.25, 0.3) is 0 Å². The van der Waals surface area contributed by atoms with Crippen LogP contribution < -0.4 is 9.64 Å². The van der Waals surface area contributed by atoms with Gasteiger partial charge in [0.2, 0.25) is 10.0 Å². The molecule has 2 rings (SSSR count). The minimum absolute atomic E-state index is 0.334. The van der Waals surface area contributed by atoms with Gasteiger partial charge in [-0.2, -0.15) is 4.31 Å². The molecule has 1 aromatic carbocycles. The average molecular weight is 325 g/mol. The van der Waals surface area contributed by atoms with E-state index in [1.165, 1.54) is 10.5 Å². The van der Waals surface area contributed by atoms with E-state index in [0.717, 1.165) is 19.6 Å². The van der Waals surface area contributed by atoms with Gasteiger partial charge in [-0.25, -0.2) is 8.42 Å². The molecule has 0 bridgehead atoms. The normalized spacial score (nSPS) is 17.2. The van der Waals surface area contributed by atoms with Crippen LogP contribution in [-0.2, 0) is 10.0 Å². The first-order valence-corrected chi connectivity index (χ1v) is 8.98. The minimum Gasteiger partial charge on any atom is -0.497 e. The van der Waals surface area contributed by atoms with E-state index in [0.29, 0.717) is 23.7 Å². The van der Waals surface area contributed by atoms with Gasteiger partial charge < -0.3 is 9.64 Å². The average Bonchev–Trinajstić information content (AvgIpc) is 2.53. The number of nitrogens with one attached hydrogen (secondary N) is 1. The molecule has 0 aromatic heterocycles. The second-order valence-corrected chi connectivity index (χ2v) is 7.75. The molecular formula is C16H25N2O3S+. The summed E-state index contributed by atoms with van der Waals surface area (Å²) in [7, 11) is -1.83. The van der Waals surface area contributed by atoms with E-state index in [1.54, 1.807) is 35.7 Å². The van der Waals surface area contributed by atoms with Crippen LogP contribution in [-0.4, -0.2) is 52.6 Å². The summed E-state index contributed by atoms with van der Waals surface area (Å²) in [6.45, 7) is 7.98. The van der Waals surface area contributed by atoms with Crippen LogP contribution in [0, 0.1) is 0 Å². The SMILES string of the molecule is COc1ccc(S(=O)(=O)N2CC[NH+](CC=C(C)C)CC2)cc1. The van der Waals surface area contributed by atoms with Crippen molar-refractivity contribution in [1.82, 2.24) is 4.31 Å². The van der Waals surface area contributed by atoms with E-state index >= 15 is 0 Å². The van der Waals surface area contributed by atoms with Crippen molar-refractivity contribution < 1.29 is 18.1 Å². The number of sulfonamides is 1. The largest absolute Gasteiger partial charge is 0.497 e. The first-order valence-electron chi connectivity index (χ1n) is 7.54. The molecule has 0 saturated carbocycles. The van der Waals surface area contributed by atoms with Crippen molar-refractivity contribution in [3.8, 4) is 5.75 Å². The molecule has 0 amide bonds. The number of hydrogen-bond acceptors (Lipinski definition) is 3. The fraction of sp³-hybridized carbons (Fsp3) is 0.500. The van der Waals surface area contributed by atoms with Gasteiger partial charge in [-0.05, 0) is 44.2 Å². The van der Waals surface area contributed by atoms with Crippen molar-refractivity contribution in [3.05, 3.63) is 35.9 Å². The Kier molecular flexibility index (Phi) is 5.61. The van der Waals surface area contributed by atoms with Crippen LogP contribution in [0.25, 0.3) is 0 Å². The third-order valence-electron chi connectivity index (χ3n) is 3.93. The monoisotopic (exact) mass is 325 g/mol. The Morgan fingerprint density at radius 2 is 1.82 bits per heavy atom. The van der Waals surface area contributed by atoms with Gasteiger partial charge in [-0.1, -0.05) is 5.57 Å². The summed E-state index contributed by atoms with van der Waals surface area (Å²) >= 11 is 0. The molecule has 1 aromatic rings. The highest BCUT2D eigenvalue weighted by Crippen LogP contribution is 2.19. The van der Waals surface area contributed by atoms with E-state index in [-0.39, 0.29) is 0 Å². The van der Waals surface area contributed by atoms with Crippen molar-refractivity contribution in [2.75, 3.05) is 39.8 Å². The lowest BCUT2D eigenvalue weighted by molar-refractivity contribution is -0.897. The van der Waals surface area contributed by atoms with Gasteiger partial charge in [0.05, 0.1) is 44.7 Å². The number of benzene rings is 1. The molecule has 22 heavy (non-hydrogen) atoms. The smallest absolute Gasteiger partial charge is 0.243 e. The molecule has 6 heteroatoms. The second-order valence-electron chi connectivity index (χ2n) is 5.82. The lowest BCUT2D eigenvalue weighted by atomic mass is 10.3. The fourth-order valence-electron chi connectivity index (χ4n) is 2.49. The molecule has 122 valence electrons. The maximum atomic E-state index is 12.6. The Hall–Kier alpha value is -1.37. The summed E-state index contributed by atoms with van der Waals surface area (Å²) in [6, 6.07) is 6.58. The molecule has 0 radical (unpaired) electrons. The Balaban J connectivity index is 2.01. The summed E-state index contributed by atoms with van der Waals surface area (Å²) in [5.74, 6) is 0.662. The number of piperazine rings is 1.